The normalized spacial score (nSPS) is 15.5. The molecular weight excluding hydrogens is 301 g/mol. The van der Waals surface area contributed by atoms with Crippen molar-refractivity contribution < 1.29 is 15.0 Å². The van der Waals surface area contributed by atoms with Crippen LogP contribution in [0.4, 0.5) is 0 Å². The second-order valence-electron chi connectivity index (χ2n) is 4.94. The first-order valence-electron chi connectivity index (χ1n) is 6.37. The van der Waals surface area contributed by atoms with Gasteiger partial charge >= 0.3 is 0 Å². The molecule has 0 radical (unpaired) electrons. The largest absolute Gasteiger partial charge is 0.396 e. The van der Waals surface area contributed by atoms with Crippen LogP contribution in [-0.2, 0) is 4.79 Å². The number of halogens is 2. The molecule has 112 valence electrons. The monoisotopic (exact) mass is 319 g/mol. The Kier molecular flexibility index (Phi) is 6.76. The molecule has 0 aliphatic heterocycles. The van der Waals surface area contributed by atoms with Crippen molar-refractivity contribution >= 4 is 29.1 Å². The number of aliphatic hydroxyl groups is 2. The minimum absolute atomic E-state index is 0.00605. The van der Waals surface area contributed by atoms with Crippen LogP contribution in [0.2, 0.25) is 10.0 Å². The number of carbonyl (C=O) groups excluding carboxylic acids is 1. The lowest BCUT2D eigenvalue weighted by molar-refractivity contribution is -0.124. The van der Waals surface area contributed by atoms with Gasteiger partial charge in [-0.1, -0.05) is 30.1 Å². The van der Waals surface area contributed by atoms with E-state index in [0.29, 0.717) is 15.6 Å². The summed E-state index contributed by atoms with van der Waals surface area (Å²) in [6.07, 6.45) is -1.05. The van der Waals surface area contributed by atoms with Crippen molar-refractivity contribution in [3.05, 3.63) is 33.8 Å². The molecular formula is C14H19Cl2NO3. The van der Waals surface area contributed by atoms with E-state index in [9.17, 15) is 9.90 Å². The first-order chi connectivity index (χ1) is 9.33. The fraction of sp³-hybridized carbons (Fsp3) is 0.500. The van der Waals surface area contributed by atoms with Crippen molar-refractivity contribution in [2.45, 2.75) is 32.4 Å². The van der Waals surface area contributed by atoms with Crippen LogP contribution in [-0.4, -0.2) is 28.8 Å². The first kappa shape index (κ1) is 17.2. The number of rotatable bonds is 6. The average molecular weight is 320 g/mol. The maximum Gasteiger partial charge on any atom is 0.223 e. The van der Waals surface area contributed by atoms with Gasteiger partial charge in [-0.3, -0.25) is 4.79 Å². The highest BCUT2D eigenvalue weighted by atomic mass is 35.5. The minimum Gasteiger partial charge on any atom is -0.396 e. The fourth-order valence-corrected chi connectivity index (χ4v) is 2.22. The van der Waals surface area contributed by atoms with Crippen molar-refractivity contribution in [2.75, 3.05) is 6.61 Å². The third kappa shape index (κ3) is 5.29. The number of hydrogen-bond acceptors (Lipinski definition) is 3. The highest BCUT2D eigenvalue weighted by molar-refractivity contribution is 6.34. The Labute approximate surface area is 128 Å². The molecule has 1 aromatic carbocycles. The Balaban J connectivity index is 2.61. The van der Waals surface area contributed by atoms with Crippen molar-refractivity contribution in [1.29, 1.82) is 0 Å². The molecule has 3 N–H and O–H groups in total. The Morgan fingerprint density at radius 3 is 2.30 bits per heavy atom. The van der Waals surface area contributed by atoms with Crippen LogP contribution in [0.15, 0.2) is 18.2 Å². The van der Waals surface area contributed by atoms with Crippen LogP contribution >= 0.6 is 23.2 Å². The summed E-state index contributed by atoms with van der Waals surface area (Å²) in [5, 5.41) is 22.6. The van der Waals surface area contributed by atoms with Gasteiger partial charge in [0.2, 0.25) is 5.91 Å². The van der Waals surface area contributed by atoms with E-state index in [-0.39, 0.29) is 30.9 Å². The summed E-state index contributed by atoms with van der Waals surface area (Å²) in [6, 6.07) is 4.54. The molecule has 6 heteroatoms. The van der Waals surface area contributed by atoms with Gasteiger partial charge in [0.1, 0.15) is 0 Å². The summed E-state index contributed by atoms with van der Waals surface area (Å²) in [6.45, 7) is 3.63. The zero-order chi connectivity index (χ0) is 15.3. The van der Waals surface area contributed by atoms with Crippen molar-refractivity contribution in [1.82, 2.24) is 5.32 Å². The molecule has 0 aromatic heterocycles. The molecule has 0 fully saturated rings. The van der Waals surface area contributed by atoms with Crippen LogP contribution in [0.3, 0.4) is 0 Å². The molecule has 0 spiro atoms. The van der Waals surface area contributed by atoms with E-state index >= 15 is 0 Å². The number of hydrogen-bond donors (Lipinski definition) is 3. The maximum absolute atomic E-state index is 11.8. The van der Waals surface area contributed by atoms with Gasteiger partial charge in [0.15, 0.2) is 0 Å². The van der Waals surface area contributed by atoms with Gasteiger partial charge in [-0.25, -0.2) is 0 Å². The van der Waals surface area contributed by atoms with Crippen LogP contribution in [0.25, 0.3) is 0 Å². The zero-order valence-corrected chi connectivity index (χ0v) is 12.9. The maximum atomic E-state index is 11.8. The first-order valence-corrected chi connectivity index (χ1v) is 7.13. The van der Waals surface area contributed by atoms with Gasteiger partial charge in [0, 0.05) is 22.7 Å². The number of amides is 1. The number of nitrogens with one attached hydrogen (secondary N) is 1. The number of aliphatic hydroxyl groups excluding tert-OH is 2. The quantitative estimate of drug-likeness (QED) is 0.754. The van der Waals surface area contributed by atoms with Crippen molar-refractivity contribution in [3.8, 4) is 0 Å². The Bertz CT molecular complexity index is 447. The fourth-order valence-electron chi connectivity index (χ4n) is 1.67. The van der Waals surface area contributed by atoms with E-state index in [2.05, 4.69) is 5.32 Å². The third-order valence-electron chi connectivity index (χ3n) is 3.18. The summed E-state index contributed by atoms with van der Waals surface area (Å²) in [4.78, 5) is 11.8. The van der Waals surface area contributed by atoms with E-state index in [1.165, 1.54) is 0 Å². The van der Waals surface area contributed by atoms with Crippen LogP contribution < -0.4 is 5.32 Å². The van der Waals surface area contributed by atoms with Gasteiger partial charge in [-0.2, -0.15) is 0 Å². The van der Waals surface area contributed by atoms with Gasteiger partial charge in [0.25, 0.3) is 0 Å². The van der Waals surface area contributed by atoms with Gasteiger partial charge in [0.05, 0.1) is 12.5 Å². The Morgan fingerprint density at radius 2 is 1.80 bits per heavy atom. The minimum atomic E-state index is -0.970. The highest BCUT2D eigenvalue weighted by Crippen LogP contribution is 2.25. The summed E-state index contributed by atoms with van der Waals surface area (Å²) in [5.41, 5.74) is 0.500. The van der Waals surface area contributed by atoms with E-state index in [1.807, 2.05) is 6.92 Å². The Morgan fingerprint density at radius 1 is 1.25 bits per heavy atom. The average Bonchev–Trinajstić information content (AvgIpc) is 2.36. The SMILES string of the molecule is CC(CO)C(C)NC(=O)CC(O)c1cc(Cl)cc(Cl)c1. The molecule has 20 heavy (non-hydrogen) atoms. The lowest BCUT2D eigenvalue weighted by Gasteiger charge is -2.20. The summed E-state index contributed by atoms with van der Waals surface area (Å²) < 4.78 is 0. The zero-order valence-electron chi connectivity index (χ0n) is 11.4. The topological polar surface area (TPSA) is 69.6 Å². The van der Waals surface area contributed by atoms with E-state index in [1.54, 1.807) is 25.1 Å². The number of benzene rings is 1. The molecule has 1 amide bonds. The summed E-state index contributed by atoms with van der Waals surface area (Å²) >= 11 is 11.7. The molecule has 0 aliphatic rings. The van der Waals surface area contributed by atoms with Crippen molar-refractivity contribution in [2.24, 2.45) is 5.92 Å². The predicted octanol–water partition coefficient (Wildman–Crippen LogP) is 2.55. The van der Waals surface area contributed by atoms with E-state index in [0.717, 1.165) is 0 Å². The van der Waals surface area contributed by atoms with Crippen molar-refractivity contribution in [3.63, 3.8) is 0 Å². The molecule has 1 rings (SSSR count). The molecule has 0 saturated heterocycles. The lowest BCUT2D eigenvalue weighted by Crippen LogP contribution is -2.38. The summed E-state index contributed by atoms with van der Waals surface area (Å²) in [7, 11) is 0. The van der Waals surface area contributed by atoms with Crippen LogP contribution in [0.5, 0.6) is 0 Å². The number of carbonyl (C=O) groups is 1. The second kappa shape index (κ2) is 7.84. The highest BCUT2D eigenvalue weighted by Gasteiger charge is 2.18. The molecule has 0 bridgehead atoms. The molecule has 0 aliphatic carbocycles. The molecule has 0 heterocycles. The third-order valence-corrected chi connectivity index (χ3v) is 3.62. The summed E-state index contributed by atoms with van der Waals surface area (Å²) in [5.74, 6) is -0.335. The van der Waals surface area contributed by atoms with Gasteiger partial charge in [-0.15, -0.1) is 0 Å². The van der Waals surface area contributed by atoms with Gasteiger partial charge < -0.3 is 15.5 Å². The molecule has 1 aromatic rings. The van der Waals surface area contributed by atoms with Gasteiger partial charge in [-0.05, 0) is 36.6 Å². The van der Waals surface area contributed by atoms with Crippen LogP contribution in [0, 0.1) is 5.92 Å². The standard InChI is InChI=1S/C14H19Cl2NO3/c1-8(7-18)9(2)17-14(20)6-13(19)10-3-11(15)5-12(16)4-10/h3-5,8-9,13,18-19H,6-7H2,1-2H3,(H,17,20). The molecule has 3 atom stereocenters. The smallest absolute Gasteiger partial charge is 0.223 e. The van der Waals surface area contributed by atoms with E-state index in [4.69, 9.17) is 28.3 Å². The molecule has 3 unspecified atom stereocenters. The molecule has 0 saturated carbocycles. The predicted molar refractivity (Wildman–Crippen MR) is 79.9 cm³/mol. The molecule has 4 nitrogen and oxygen atoms in total. The second-order valence-corrected chi connectivity index (χ2v) is 5.81. The van der Waals surface area contributed by atoms with Crippen LogP contribution in [0.1, 0.15) is 31.9 Å². The van der Waals surface area contributed by atoms with E-state index < -0.39 is 6.10 Å². The Hall–Kier alpha value is -0.810. The lowest BCUT2D eigenvalue weighted by atomic mass is 10.0.